The first-order valence-corrected chi connectivity index (χ1v) is 5.44. The van der Waals surface area contributed by atoms with Gasteiger partial charge in [0.15, 0.2) is 0 Å². The van der Waals surface area contributed by atoms with Crippen LogP contribution in [0.3, 0.4) is 0 Å². The molecule has 4 nitrogen and oxygen atoms in total. The fourth-order valence-electron chi connectivity index (χ4n) is 2.55. The van der Waals surface area contributed by atoms with Gasteiger partial charge in [0.2, 0.25) is 0 Å². The van der Waals surface area contributed by atoms with Crippen LogP contribution in [0, 0.1) is 0 Å². The zero-order valence-corrected chi connectivity index (χ0v) is 8.56. The first-order chi connectivity index (χ1) is 7.34. The molecule has 15 heavy (non-hydrogen) atoms. The predicted molar refractivity (Wildman–Crippen MR) is 57.7 cm³/mol. The average molecular weight is 205 g/mol. The van der Waals surface area contributed by atoms with Crippen LogP contribution < -0.4 is 10.2 Å². The third-order valence-corrected chi connectivity index (χ3v) is 3.23. The molecule has 2 aliphatic heterocycles. The number of nitrogens with zero attached hydrogens (tertiary/aromatic N) is 2. The molecule has 0 saturated carbocycles. The van der Waals surface area contributed by atoms with Crippen LogP contribution in [0.1, 0.15) is 12.0 Å². The van der Waals surface area contributed by atoms with Gasteiger partial charge >= 0.3 is 0 Å². The monoisotopic (exact) mass is 205 g/mol. The molecule has 0 unspecified atom stereocenters. The molecule has 0 amide bonds. The third kappa shape index (κ3) is 1.50. The molecule has 0 radical (unpaired) electrons. The summed E-state index contributed by atoms with van der Waals surface area (Å²) >= 11 is 0. The van der Waals surface area contributed by atoms with Crippen LogP contribution >= 0.6 is 0 Å². The zero-order valence-electron chi connectivity index (χ0n) is 8.56. The maximum Gasteiger partial charge on any atom is 0.133 e. The molecule has 1 fully saturated rings. The Morgan fingerprint density at radius 1 is 1.53 bits per heavy atom. The van der Waals surface area contributed by atoms with E-state index in [9.17, 15) is 5.11 Å². The molecule has 3 rings (SSSR count). The van der Waals surface area contributed by atoms with E-state index in [1.54, 1.807) is 0 Å². The standard InChI is InChI=1S/C11H15N3O/c15-10-4-9-6-12-5-8-2-1-3-13-11(8)14(9)7-10/h1-3,9-10,12,15H,4-7H2/t9-,10+/m0/s1. The summed E-state index contributed by atoms with van der Waals surface area (Å²) in [5, 5.41) is 13.1. The fourth-order valence-corrected chi connectivity index (χ4v) is 2.55. The molecule has 80 valence electrons. The minimum Gasteiger partial charge on any atom is -0.391 e. The van der Waals surface area contributed by atoms with Crippen LogP contribution in [0.25, 0.3) is 0 Å². The fraction of sp³-hybridized carbons (Fsp3) is 0.545. The lowest BCUT2D eigenvalue weighted by Crippen LogP contribution is -2.35. The summed E-state index contributed by atoms with van der Waals surface area (Å²) in [6, 6.07) is 4.46. The molecule has 0 spiro atoms. The predicted octanol–water partition coefficient (Wildman–Crippen LogP) is 0.124. The van der Waals surface area contributed by atoms with E-state index in [-0.39, 0.29) is 6.10 Å². The minimum atomic E-state index is -0.204. The summed E-state index contributed by atoms with van der Waals surface area (Å²) in [5.41, 5.74) is 1.23. The number of hydrogen-bond acceptors (Lipinski definition) is 4. The Hall–Kier alpha value is -1.13. The number of rotatable bonds is 0. The van der Waals surface area contributed by atoms with Crippen molar-refractivity contribution in [2.24, 2.45) is 0 Å². The van der Waals surface area contributed by atoms with Crippen LogP contribution in [-0.4, -0.2) is 35.3 Å². The molecule has 4 heteroatoms. The van der Waals surface area contributed by atoms with Crippen molar-refractivity contribution in [3.8, 4) is 0 Å². The molecule has 0 aliphatic carbocycles. The number of anilines is 1. The highest BCUT2D eigenvalue weighted by Gasteiger charge is 2.33. The molecule has 2 atom stereocenters. The zero-order chi connectivity index (χ0) is 10.3. The van der Waals surface area contributed by atoms with Gasteiger partial charge in [0.1, 0.15) is 5.82 Å². The van der Waals surface area contributed by atoms with Crippen molar-refractivity contribution < 1.29 is 5.11 Å². The Bertz CT molecular complexity index is 369. The molecule has 0 aromatic carbocycles. The van der Waals surface area contributed by atoms with Gasteiger partial charge in [-0.25, -0.2) is 4.98 Å². The summed E-state index contributed by atoms with van der Waals surface area (Å²) in [7, 11) is 0. The van der Waals surface area contributed by atoms with Gasteiger partial charge in [0.25, 0.3) is 0 Å². The third-order valence-electron chi connectivity index (χ3n) is 3.23. The highest BCUT2D eigenvalue weighted by atomic mass is 16.3. The lowest BCUT2D eigenvalue weighted by Gasteiger charge is -2.23. The summed E-state index contributed by atoms with van der Waals surface area (Å²) < 4.78 is 0. The number of hydrogen-bond donors (Lipinski definition) is 2. The quantitative estimate of drug-likeness (QED) is 0.632. The number of aromatic nitrogens is 1. The Labute approximate surface area is 88.9 Å². The number of aliphatic hydroxyl groups excluding tert-OH is 1. The van der Waals surface area contributed by atoms with Crippen LogP contribution in [0.2, 0.25) is 0 Å². The van der Waals surface area contributed by atoms with Gasteiger partial charge in [-0.15, -0.1) is 0 Å². The molecule has 1 aromatic heterocycles. The number of fused-ring (bicyclic) bond motifs is 3. The van der Waals surface area contributed by atoms with E-state index >= 15 is 0 Å². The van der Waals surface area contributed by atoms with E-state index in [2.05, 4.69) is 21.3 Å². The summed E-state index contributed by atoms with van der Waals surface area (Å²) in [6.45, 7) is 2.54. The van der Waals surface area contributed by atoms with Crippen molar-refractivity contribution in [3.05, 3.63) is 23.9 Å². The number of pyridine rings is 1. The van der Waals surface area contributed by atoms with Crippen molar-refractivity contribution in [2.75, 3.05) is 18.0 Å². The Balaban J connectivity index is 2.01. The summed E-state index contributed by atoms with van der Waals surface area (Å²) in [5.74, 6) is 1.05. The van der Waals surface area contributed by atoms with Gasteiger partial charge in [-0.1, -0.05) is 6.07 Å². The van der Waals surface area contributed by atoms with Crippen molar-refractivity contribution in [1.82, 2.24) is 10.3 Å². The Morgan fingerprint density at radius 3 is 3.40 bits per heavy atom. The van der Waals surface area contributed by atoms with Crippen molar-refractivity contribution in [2.45, 2.75) is 25.1 Å². The molecule has 2 aliphatic rings. The Morgan fingerprint density at radius 2 is 2.47 bits per heavy atom. The van der Waals surface area contributed by atoms with Gasteiger partial charge < -0.3 is 15.3 Å². The lowest BCUT2D eigenvalue weighted by molar-refractivity contribution is 0.194. The molecule has 3 heterocycles. The SMILES string of the molecule is O[C@@H]1C[C@H]2CNCc3cccnc3N2C1. The van der Waals surface area contributed by atoms with E-state index < -0.39 is 0 Å². The van der Waals surface area contributed by atoms with Crippen molar-refractivity contribution >= 4 is 5.82 Å². The number of nitrogens with one attached hydrogen (secondary N) is 1. The molecular weight excluding hydrogens is 190 g/mol. The van der Waals surface area contributed by atoms with Gasteiger partial charge in [-0.2, -0.15) is 0 Å². The van der Waals surface area contributed by atoms with Gasteiger partial charge in [0, 0.05) is 37.4 Å². The molecule has 0 bridgehead atoms. The van der Waals surface area contributed by atoms with E-state index in [4.69, 9.17) is 0 Å². The maximum atomic E-state index is 9.68. The van der Waals surface area contributed by atoms with E-state index in [0.29, 0.717) is 6.04 Å². The first-order valence-electron chi connectivity index (χ1n) is 5.44. The first kappa shape index (κ1) is 9.12. The van der Waals surface area contributed by atoms with Crippen LogP contribution in [0.5, 0.6) is 0 Å². The van der Waals surface area contributed by atoms with Crippen LogP contribution in [-0.2, 0) is 6.54 Å². The summed E-state index contributed by atoms with van der Waals surface area (Å²) in [4.78, 5) is 6.67. The molecule has 1 saturated heterocycles. The largest absolute Gasteiger partial charge is 0.391 e. The van der Waals surface area contributed by atoms with Crippen LogP contribution in [0.4, 0.5) is 5.82 Å². The van der Waals surface area contributed by atoms with Gasteiger partial charge in [-0.3, -0.25) is 0 Å². The maximum absolute atomic E-state index is 9.68. The van der Waals surface area contributed by atoms with Gasteiger partial charge in [0.05, 0.1) is 6.10 Å². The topological polar surface area (TPSA) is 48.4 Å². The highest BCUT2D eigenvalue weighted by Crippen LogP contribution is 2.28. The molecule has 1 aromatic rings. The van der Waals surface area contributed by atoms with Crippen molar-refractivity contribution in [3.63, 3.8) is 0 Å². The van der Waals surface area contributed by atoms with Crippen LogP contribution in [0.15, 0.2) is 18.3 Å². The average Bonchev–Trinajstić information content (AvgIpc) is 2.52. The van der Waals surface area contributed by atoms with Crippen molar-refractivity contribution in [1.29, 1.82) is 0 Å². The summed E-state index contributed by atoms with van der Waals surface area (Å²) in [6.07, 6.45) is 2.47. The second-order valence-electron chi connectivity index (χ2n) is 4.31. The van der Waals surface area contributed by atoms with Gasteiger partial charge in [-0.05, 0) is 12.5 Å². The van der Waals surface area contributed by atoms with E-state index in [1.807, 2.05) is 12.3 Å². The lowest BCUT2D eigenvalue weighted by atomic mass is 10.2. The smallest absolute Gasteiger partial charge is 0.133 e. The van der Waals surface area contributed by atoms with E-state index in [0.717, 1.165) is 31.9 Å². The van der Waals surface area contributed by atoms with E-state index in [1.165, 1.54) is 5.56 Å². The molecule has 2 N–H and O–H groups in total. The highest BCUT2D eigenvalue weighted by molar-refractivity contribution is 5.50. The minimum absolute atomic E-state index is 0.204. The normalized spacial score (nSPS) is 29.5. The number of aliphatic hydroxyl groups is 1. The second kappa shape index (κ2) is 3.47. The molecular formula is C11H15N3O. The Kier molecular flexibility index (Phi) is 2.11. The second-order valence-corrected chi connectivity index (χ2v) is 4.31.